The Morgan fingerprint density at radius 2 is 1.75 bits per heavy atom. The van der Waals surface area contributed by atoms with Crippen molar-refractivity contribution in [1.29, 1.82) is 0 Å². The number of carbonyl (C=O) groups excluding carboxylic acids is 2. The van der Waals surface area contributed by atoms with E-state index < -0.39 is 33.9 Å². The zero-order valence-corrected chi connectivity index (χ0v) is 16.7. The smallest absolute Gasteiger partial charge is 0.309 e. The number of carbonyl (C=O) groups is 2. The number of nitrogens with zero attached hydrogens (tertiary/aromatic N) is 1. The molecule has 28 heavy (non-hydrogen) atoms. The molecule has 3 rings (SSSR count). The first-order chi connectivity index (χ1) is 13.3. The lowest BCUT2D eigenvalue weighted by Crippen LogP contribution is -2.41. The van der Waals surface area contributed by atoms with Crippen LogP contribution in [0.2, 0.25) is 0 Å². The summed E-state index contributed by atoms with van der Waals surface area (Å²) in [6.45, 7) is 2.11. The fourth-order valence-electron chi connectivity index (χ4n) is 3.32. The van der Waals surface area contributed by atoms with E-state index in [2.05, 4.69) is 5.32 Å². The van der Waals surface area contributed by atoms with Gasteiger partial charge in [0.1, 0.15) is 0 Å². The molecule has 0 bridgehead atoms. The van der Waals surface area contributed by atoms with Crippen LogP contribution in [0.3, 0.4) is 0 Å². The molecule has 1 N–H and O–H groups in total. The lowest BCUT2D eigenvalue weighted by molar-refractivity contribution is -0.158. The highest BCUT2D eigenvalue weighted by molar-refractivity contribution is 7.88. The molecule has 0 aliphatic carbocycles. The SMILES string of the molecule is CC(OC(=O)C1CCN(S(C)(=O)=O)CC1)C(=O)Nc1cccc2ccccc12. The zero-order valence-electron chi connectivity index (χ0n) is 15.9. The van der Waals surface area contributed by atoms with Crippen LogP contribution in [0.5, 0.6) is 0 Å². The maximum Gasteiger partial charge on any atom is 0.309 e. The van der Waals surface area contributed by atoms with E-state index in [9.17, 15) is 18.0 Å². The van der Waals surface area contributed by atoms with Crippen molar-refractivity contribution in [1.82, 2.24) is 4.31 Å². The molecule has 0 aromatic heterocycles. The molecule has 1 fully saturated rings. The van der Waals surface area contributed by atoms with Gasteiger partial charge in [0.15, 0.2) is 6.10 Å². The Kier molecular flexibility index (Phi) is 6.00. The standard InChI is InChI=1S/C20H24N2O5S/c1-14(27-20(24)16-10-12-22(13-11-16)28(2,25)26)19(23)21-18-9-5-7-15-6-3-4-8-17(15)18/h3-9,14,16H,10-13H2,1-2H3,(H,21,23). The van der Waals surface area contributed by atoms with Crippen LogP contribution in [0.4, 0.5) is 5.69 Å². The third kappa shape index (κ3) is 4.69. The molecule has 1 unspecified atom stereocenters. The van der Waals surface area contributed by atoms with Crippen LogP contribution in [-0.4, -0.2) is 50.0 Å². The number of piperidine rings is 1. The van der Waals surface area contributed by atoms with E-state index in [-0.39, 0.29) is 13.1 Å². The topological polar surface area (TPSA) is 92.8 Å². The molecule has 0 radical (unpaired) electrons. The maximum atomic E-state index is 12.5. The highest BCUT2D eigenvalue weighted by Gasteiger charge is 2.31. The summed E-state index contributed by atoms with van der Waals surface area (Å²) in [6, 6.07) is 13.3. The van der Waals surface area contributed by atoms with E-state index in [4.69, 9.17) is 4.74 Å². The Hall–Kier alpha value is -2.45. The average Bonchev–Trinajstić information content (AvgIpc) is 2.67. The number of hydrogen-bond acceptors (Lipinski definition) is 5. The van der Waals surface area contributed by atoms with Gasteiger partial charge in [-0.2, -0.15) is 0 Å². The summed E-state index contributed by atoms with van der Waals surface area (Å²) in [5.41, 5.74) is 0.660. The maximum absolute atomic E-state index is 12.5. The van der Waals surface area contributed by atoms with Gasteiger partial charge in [-0.15, -0.1) is 0 Å². The minimum atomic E-state index is -3.25. The molecular weight excluding hydrogens is 380 g/mol. The molecule has 2 aromatic rings. The fraction of sp³-hybridized carbons (Fsp3) is 0.400. The third-order valence-electron chi connectivity index (χ3n) is 4.97. The van der Waals surface area contributed by atoms with Crippen molar-refractivity contribution in [3.8, 4) is 0 Å². The van der Waals surface area contributed by atoms with Crippen molar-refractivity contribution in [2.45, 2.75) is 25.9 Å². The lowest BCUT2D eigenvalue weighted by atomic mass is 9.98. The van der Waals surface area contributed by atoms with Crippen molar-refractivity contribution in [2.24, 2.45) is 5.92 Å². The largest absolute Gasteiger partial charge is 0.452 e. The number of hydrogen-bond donors (Lipinski definition) is 1. The summed E-state index contributed by atoms with van der Waals surface area (Å²) in [4.78, 5) is 24.8. The van der Waals surface area contributed by atoms with E-state index >= 15 is 0 Å². The Bertz CT molecular complexity index is 976. The van der Waals surface area contributed by atoms with Crippen LogP contribution >= 0.6 is 0 Å². The molecule has 1 atom stereocenters. The van der Waals surface area contributed by atoms with Gasteiger partial charge in [0, 0.05) is 24.2 Å². The molecule has 150 valence electrons. The average molecular weight is 404 g/mol. The number of anilines is 1. The molecule has 1 aliphatic heterocycles. The Labute approximate surface area is 164 Å². The van der Waals surface area contributed by atoms with E-state index in [1.165, 1.54) is 11.2 Å². The summed E-state index contributed by atoms with van der Waals surface area (Å²) in [7, 11) is -3.25. The molecular formula is C20H24N2O5S. The quantitative estimate of drug-likeness (QED) is 0.773. The van der Waals surface area contributed by atoms with Gasteiger partial charge in [-0.3, -0.25) is 9.59 Å². The number of fused-ring (bicyclic) bond motifs is 1. The highest BCUT2D eigenvalue weighted by Crippen LogP contribution is 2.24. The number of sulfonamides is 1. The second-order valence-corrected chi connectivity index (χ2v) is 9.01. The van der Waals surface area contributed by atoms with E-state index in [0.717, 1.165) is 17.0 Å². The van der Waals surface area contributed by atoms with Gasteiger partial charge < -0.3 is 10.1 Å². The van der Waals surface area contributed by atoms with Gasteiger partial charge in [-0.1, -0.05) is 36.4 Å². The summed E-state index contributed by atoms with van der Waals surface area (Å²) in [5, 5.41) is 4.73. The third-order valence-corrected chi connectivity index (χ3v) is 6.27. The number of rotatable bonds is 5. The zero-order chi connectivity index (χ0) is 20.3. The monoisotopic (exact) mass is 404 g/mol. The number of amides is 1. The van der Waals surface area contributed by atoms with Crippen molar-refractivity contribution in [3.63, 3.8) is 0 Å². The minimum absolute atomic E-state index is 0.287. The minimum Gasteiger partial charge on any atom is -0.452 e. The van der Waals surface area contributed by atoms with Crippen LogP contribution in [0, 0.1) is 5.92 Å². The number of ether oxygens (including phenoxy) is 1. The second kappa shape index (κ2) is 8.28. The fourth-order valence-corrected chi connectivity index (χ4v) is 4.19. The normalized spacial score (nSPS) is 17.2. The molecule has 8 heteroatoms. The Morgan fingerprint density at radius 3 is 2.43 bits per heavy atom. The molecule has 1 amide bonds. The molecule has 1 saturated heterocycles. The summed E-state index contributed by atoms with van der Waals surface area (Å²) in [6.07, 6.45) is 0.998. The van der Waals surface area contributed by atoms with Crippen molar-refractivity contribution >= 4 is 38.4 Å². The highest BCUT2D eigenvalue weighted by atomic mass is 32.2. The molecule has 2 aromatic carbocycles. The molecule has 0 saturated carbocycles. The van der Waals surface area contributed by atoms with Gasteiger partial charge in [-0.25, -0.2) is 12.7 Å². The van der Waals surface area contributed by atoms with Crippen molar-refractivity contribution in [3.05, 3.63) is 42.5 Å². The van der Waals surface area contributed by atoms with Crippen LogP contribution in [-0.2, 0) is 24.3 Å². The van der Waals surface area contributed by atoms with E-state index in [1.54, 1.807) is 6.07 Å². The molecule has 0 spiro atoms. The first kappa shape index (κ1) is 20.3. The predicted molar refractivity (Wildman–Crippen MR) is 107 cm³/mol. The molecule has 1 heterocycles. The van der Waals surface area contributed by atoms with Gasteiger partial charge in [0.05, 0.1) is 12.2 Å². The van der Waals surface area contributed by atoms with Crippen molar-refractivity contribution < 1.29 is 22.7 Å². The second-order valence-electron chi connectivity index (χ2n) is 7.03. The number of esters is 1. The van der Waals surface area contributed by atoms with Gasteiger partial charge >= 0.3 is 5.97 Å². The Morgan fingerprint density at radius 1 is 1.11 bits per heavy atom. The van der Waals surface area contributed by atoms with Crippen LogP contribution in [0.25, 0.3) is 10.8 Å². The first-order valence-corrected chi connectivity index (χ1v) is 11.0. The first-order valence-electron chi connectivity index (χ1n) is 9.20. The van der Waals surface area contributed by atoms with E-state index in [0.29, 0.717) is 18.5 Å². The number of nitrogens with one attached hydrogen (secondary N) is 1. The predicted octanol–water partition coefficient (Wildman–Crippen LogP) is 2.38. The number of benzene rings is 2. The summed E-state index contributed by atoms with van der Waals surface area (Å²) < 4.78 is 29.8. The van der Waals surface area contributed by atoms with Gasteiger partial charge in [0.25, 0.3) is 5.91 Å². The molecule has 7 nitrogen and oxygen atoms in total. The lowest BCUT2D eigenvalue weighted by Gasteiger charge is -2.29. The summed E-state index contributed by atoms with van der Waals surface area (Å²) >= 11 is 0. The summed E-state index contributed by atoms with van der Waals surface area (Å²) in [5.74, 6) is -1.27. The van der Waals surface area contributed by atoms with Crippen LogP contribution in [0.15, 0.2) is 42.5 Å². The Balaban J connectivity index is 1.58. The van der Waals surface area contributed by atoms with Gasteiger partial charge in [0.2, 0.25) is 10.0 Å². The molecule has 1 aliphatic rings. The van der Waals surface area contributed by atoms with Crippen molar-refractivity contribution in [2.75, 3.05) is 24.7 Å². The van der Waals surface area contributed by atoms with E-state index in [1.807, 2.05) is 36.4 Å². The van der Waals surface area contributed by atoms with Crippen LogP contribution < -0.4 is 5.32 Å². The van der Waals surface area contributed by atoms with Gasteiger partial charge in [-0.05, 0) is 31.2 Å². The van der Waals surface area contributed by atoms with Crippen LogP contribution in [0.1, 0.15) is 19.8 Å².